The van der Waals surface area contributed by atoms with E-state index in [1.54, 1.807) is 0 Å². The second kappa shape index (κ2) is 14.2. The van der Waals surface area contributed by atoms with Crippen LogP contribution < -0.4 is 0 Å². The molecule has 6 rings (SSSR count). The van der Waals surface area contributed by atoms with Gasteiger partial charge < -0.3 is 23.7 Å². The number of benzene rings is 2. The molecule has 2 saturated heterocycles. The predicted octanol–water partition coefficient (Wildman–Crippen LogP) is 6.09. The van der Waals surface area contributed by atoms with Crippen LogP contribution in [0.25, 0.3) is 11.1 Å². The lowest BCUT2D eigenvalue weighted by atomic mass is 9.98. The zero-order chi connectivity index (χ0) is 30.3. The number of fused-ring (bicyclic) bond motifs is 3. The molecule has 0 radical (unpaired) electrons. The number of ether oxygens (including phenoxy) is 5. The van der Waals surface area contributed by atoms with Crippen molar-refractivity contribution in [2.24, 2.45) is 0 Å². The summed E-state index contributed by atoms with van der Waals surface area (Å²) < 4.78 is 29.9. The van der Waals surface area contributed by atoms with Crippen molar-refractivity contribution < 1.29 is 33.3 Å². The third-order valence-electron chi connectivity index (χ3n) is 8.51. The summed E-state index contributed by atoms with van der Waals surface area (Å²) in [4.78, 5) is 28.0. The Bertz CT molecular complexity index is 1370. The monoisotopic (exact) mass is 597 g/mol. The first-order valence-electron chi connectivity index (χ1n) is 15.4. The Morgan fingerprint density at radius 1 is 0.909 bits per heavy atom. The van der Waals surface area contributed by atoms with Crippen LogP contribution >= 0.6 is 0 Å². The molecule has 4 atom stereocenters. The SMILES string of the molecule is C=CCOC(=O)[C@@H]1C[C@@H](OC2CCCC(COC3C=CC=CC=C3)O2)CN1C(=O)OCC1c2ccccc2-c2ccccc21. The van der Waals surface area contributed by atoms with E-state index in [1.165, 1.54) is 11.0 Å². The van der Waals surface area contributed by atoms with Crippen molar-refractivity contribution in [2.75, 3.05) is 26.4 Å². The highest BCUT2D eigenvalue weighted by atomic mass is 16.7. The van der Waals surface area contributed by atoms with Crippen molar-refractivity contribution in [3.05, 3.63) is 109 Å². The lowest BCUT2D eigenvalue weighted by Crippen LogP contribution is -2.42. The van der Waals surface area contributed by atoms with E-state index in [1.807, 2.05) is 60.7 Å². The first-order valence-corrected chi connectivity index (χ1v) is 15.4. The minimum Gasteiger partial charge on any atom is -0.460 e. The summed E-state index contributed by atoms with van der Waals surface area (Å²) in [7, 11) is 0. The van der Waals surface area contributed by atoms with Gasteiger partial charge in [0.2, 0.25) is 0 Å². The fraction of sp³-hybridized carbons (Fsp3) is 0.389. The molecule has 0 saturated carbocycles. The quantitative estimate of drug-likeness (QED) is 0.242. The van der Waals surface area contributed by atoms with Gasteiger partial charge in [0.15, 0.2) is 6.29 Å². The third kappa shape index (κ3) is 6.88. The number of hydrogen-bond acceptors (Lipinski definition) is 7. The summed E-state index contributed by atoms with van der Waals surface area (Å²) in [5.74, 6) is -0.582. The van der Waals surface area contributed by atoms with E-state index in [2.05, 4.69) is 30.8 Å². The Hall–Kier alpha value is -3.98. The van der Waals surface area contributed by atoms with Gasteiger partial charge in [-0.05, 0) is 41.5 Å². The Morgan fingerprint density at radius 2 is 1.61 bits per heavy atom. The molecule has 4 aliphatic rings. The molecule has 44 heavy (non-hydrogen) atoms. The number of carbonyl (C=O) groups excluding carboxylic acids is 2. The molecule has 0 spiro atoms. The summed E-state index contributed by atoms with van der Waals surface area (Å²) >= 11 is 0. The summed E-state index contributed by atoms with van der Waals surface area (Å²) in [6.45, 7) is 4.51. The van der Waals surface area contributed by atoms with Crippen molar-refractivity contribution in [1.29, 1.82) is 0 Å². The molecule has 2 aliphatic heterocycles. The molecule has 0 bridgehead atoms. The van der Waals surface area contributed by atoms with E-state index in [0.29, 0.717) is 13.0 Å². The van der Waals surface area contributed by atoms with E-state index in [-0.39, 0.29) is 37.9 Å². The molecule has 8 heteroatoms. The molecule has 2 aliphatic carbocycles. The highest BCUT2D eigenvalue weighted by molar-refractivity contribution is 5.83. The molecule has 2 fully saturated rings. The van der Waals surface area contributed by atoms with E-state index in [9.17, 15) is 9.59 Å². The topological polar surface area (TPSA) is 83.5 Å². The number of esters is 1. The lowest BCUT2D eigenvalue weighted by Gasteiger charge is -2.32. The van der Waals surface area contributed by atoms with Gasteiger partial charge in [0.1, 0.15) is 19.3 Å². The van der Waals surface area contributed by atoms with Gasteiger partial charge in [-0.2, -0.15) is 0 Å². The number of rotatable bonds is 10. The van der Waals surface area contributed by atoms with Crippen LogP contribution in [0.15, 0.2) is 97.6 Å². The Kier molecular flexibility index (Phi) is 9.70. The van der Waals surface area contributed by atoms with Crippen LogP contribution in [-0.2, 0) is 28.5 Å². The van der Waals surface area contributed by atoms with Gasteiger partial charge in [-0.1, -0.05) is 97.6 Å². The molecule has 2 aromatic carbocycles. The second-order valence-corrected chi connectivity index (χ2v) is 11.5. The average molecular weight is 598 g/mol. The molecule has 0 aromatic heterocycles. The molecule has 230 valence electrons. The van der Waals surface area contributed by atoms with Crippen molar-refractivity contribution >= 4 is 12.1 Å². The molecule has 2 heterocycles. The van der Waals surface area contributed by atoms with Crippen molar-refractivity contribution in [2.45, 2.75) is 62.2 Å². The molecule has 2 unspecified atom stereocenters. The van der Waals surface area contributed by atoms with Gasteiger partial charge in [0.25, 0.3) is 0 Å². The van der Waals surface area contributed by atoms with Crippen molar-refractivity contribution in [1.82, 2.24) is 4.90 Å². The van der Waals surface area contributed by atoms with Gasteiger partial charge >= 0.3 is 12.1 Å². The highest BCUT2D eigenvalue weighted by Gasteiger charge is 2.44. The minimum absolute atomic E-state index is 0.0637. The number of nitrogens with zero attached hydrogens (tertiary/aromatic N) is 1. The number of allylic oxidation sites excluding steroid dienone is 4. The normalized spacial score (nSPS) is 24.5. The van der Waals surface area contributed by atoms with Crippen LogP contribution in [0.3, 0.4) is 0 Å². The summed E-state index contributed by atoms with van der Waals surface area (Å²) in [5.41, 5.74) is 4.56. The van der Waals surface area contributed by atoms with Gasteiger partial charge in [-0.15, -0.1) is 0 Å². The second-order valence-electron chi connectivity index (χ2n) is 11.5. The Balaban J connectivity index is 1.07. The van der Waals surface area contributed by atoms with Crippen LogP contribution in [0.5, 0.6) is 0 Å². The third-order valence-corrected chi connectivity index (χ3v) is 8.51. The molecule has 0 N–H and O–H groups in total. The molecular formula is C36H39NO7. The number of carbonyl (C=O) groups is 2. The molecule has 1 amide bonds. The van der Waals surface area contributed by atoms with Crippen LogP contribution in [0.1, 0.15) is 42.7 Å². The zero-order valence-corrected chi connectivity index (χ0v) is 24.8. The maximum atomic E-state index is 13.5. The largest absolute Gasteiger partial charge is 0.460 e. The fourth-order valence-electron chi connectivity index (χ4n) is 6.41. The van der Waals surface area contributed by atoms with Crippen LogP contribution in [0.2, 0.25) is 0 Å². The lowest BCUT2D eigenvalue weighted by molar-refractivity contribution is -0.221. The first-order chi connectivity index (χ1) is 21.6. The summed E-state index contributed by atoms with van der Waals surface area (Å²) in [6, 6.07) is 15.6. The maximum absolute atomic E-state index is 13.5. The van der Waals surface area contributed by atoms with E-state index >= 15 is 0 Å². The maximum Gasteiger partial charge on any atom is 0.410 e. The van der Waals surface area contributed by atoms with E-state index in [4.69, 9.17) is 23.7 Å². The van der Waals surface area contributed by atoms with E-state index < -0.39 is 30.5 Å². The van der Waals surface area contributed by atoms with Gasteiger partial charge in [0, 0.05) is 12.3 Å². The molecule has 8 nitrogen and oxygen atoms in total. The zero-order valence-electron chi connectivity index (χ0n) is 24.8. The van der Waals surface area contributed by atoms with Crippen molar-refractivity contribution in [3.63, 3.8) is 0 Å². The van der Waals surface area contributed by atoms with Gasteiger partial charge in [0.05, 0.1) is 31.5 Å². The average Bonchev–Trinajstić information content (AvgIpc) is 3.50. The minimum atomic E-state index is -0.819. The van der Waals surface area contributed by atoms with Gasteiger partial charge in [-0.3, -0.25) is 4.90 Å². The standard InChI is InChI=1S/C36H39NO7/c1-2-20-40-35(38)33-21-27(44-34-19-11-14-26(43-34)23-41-25-12-5-3-4-6-13-25)22-37(33)36(39)42-24-32-30-17-9-7-15-28(30)29-16-8-10-18-31(29)32/h2-10,12-13,15-18,25-27,32-34H,1,11,14,19-24H2/t26?,27-,33+,34?/m1/s1. The summed E-state index contributed by atoms with van der Waals surface area (Å²) in [5, 5.41) is 0. The Labute approximate surface area is 258 Å². The number of likely N-dealkylation sites (tertiary alicyclic amines) is 1. The van der Waals surface area contributed by atoms with Crippen LogP contribution in [0.4, 0.5) is 4.79 Å². The van der Waals surface area contributed by atoms with Crippen molar-refractivity contribution in [3.8, 4) is 11.1 Å². The highest BCUT2D eigenvalue weighted by Crippen LogP contribution is 2.44. The fourth-order valence-corrected chi connectivity index (χ4v) is 6.41. The molecule has 2 aromatic rings. The first kappa shape index (κ1) is 30.1. The van der Waals surface area contributed by atoms with Gasteiger partial charge in [-0.25, -0.2) is 9.59 Å². The smallest absolute Gasteiger partial charge is 0.410 e. The van der Waals surface area contributed by atoms with Crippen LogP contribution in [0, 0.1) is 0 Å². The predicted molar refractivity (Wildman–Crippen MR) is 166 cm³/mol. The van der Waals surface area contributed by atoms with Crippen LogP contribution in [-0.4, -0.2) is 74.0 Å². The molecular weight excluding hydrogens is 558 g/mol. The number of hydrogen-bond donors (Lipinski definition) is 0. The van der Waals surface area contributed by atoms with E-state index in [0.717, 1.165) is 41.5 Å². The Morgan fingerprint density at radius 3 is 2.32 bits per heavy atom. The number of amides is 1. The summed E-state index contributed by atoms with van der Waals surface area (Å²) in [6.07, 6.45) is 14.6.